The Kier molecular flexibility index (Phi) is 3.93. The smallest absolute Gasteiger partial charge is 0.289 e. The molecule has 1 amide bonds. The lowest BCUT2D eigenvalue weighted by Crippen LogP contribution is -2.49. The van der Waals surface area contributed by atoms with Crippen molar-refractivity contribution in [1.82, 2.24) is 24.4 Å². The number of anilines is 1. The van der Waals surface area contributed by atoms with E-state index >= 15 is 0 Å². The van der Waals surface area contributed by atoms with Crippen LogP contribution in [0.15, 0.2) is 47.6 Å². The molecular formula is C17H18N6O2. The van der Waals surface area contributed by atoms with Gasteiger partial charge < -0.3 is 14.2 Å². The van der Waals surface area contributed by atoms with Crippen molar-refractivity contribution in [1.29, 1.82) is 0 Å². The Morgan fingerprint density at radius 3 is 2.64 bits per heavy atom. The van der Waals surface area contributed by atoms with Gasteiger partial charge in [0.1, 0.15) is 23.8 Å². The highest BCUT2D eigenvalue weighted by Gasteiger charge is 2.24. The van der Waals surface area contributed by atoms with Gasteiger partial charge in [-0.25, -0.2) is 15.0 Å². The van der Waals surface area contributed by atoms with Gasteiger partial charge in [-0.1, -0.05) is 0 Å². The number of hydrogen-bond acceptors (Lipinski definition) is 6. The topological polar surface area (TPSA) is 80.3 Å². The van der Waals surface area contributed by atoms with Crippen molar-refractivity contribution in [3.05, 3.63) is 54.8 Å². The fourth-order valence-corrected chi connectivity index (χ4v) is 2.92. The Hall–Kier alpha value is -3.16. The Bertz CT molecular complexity index is 851. The van der Waals surface area contributed by atoms with Crippen LogP contribution in [-0.2, 0) is 0 Å². The quantitative estimate of drug-likeness (QED) is 0.720. The number of imidazole rings is 1. The number of aryl methyl sites for hydroxylation is 1. The first-order valence-electron chi connectivity index (χ1n) is 8.12. The van der Waals surface area contributed by atoms with Gasteiger partial charge in [0.15, 0.2) is 5.76 Å². The van der Waals surface area contributed by atoms with Crippen LogP contribution in [0.4, 0.5) is 5.82 Å². The molecule has 4 rings (SSSR count). The van der Waals surface area contributed by atoms with Gasteiger partial charge in [0.05, 0.1) is 6.26 Å². The molecule has 0 unspecified atom stereocenters. The number of hydrogen-bond donors (Lipinski definition) is 0. The predicted molar refractivity (Wildman–Crippen MR) is 90.7 cm³/mol. The molecule has 0 atom stereocenters. The third-order valence-electron chi connectivity index (χ3n) is 4.20. The molecule has 1 aliphatic rings. The van der Waals surface area contributed by atoms with Crippen molar-refractivity contribution in [2.75, 3.05) is 31.1 Å². The van der Waals surface area contributed by atoms with Crippen LogP contribution in [0.5, 0.6) is 0 Å². The minimum atomic E-state index is -0.0670. The first-order valence-corrected chi connectivity index (χ1v) is 8.12. The van der Waals surface area contributed by atoms with E-state index in [9.17, 15) is 4.79 Å². The molecule has 0 radical (unpaired) electrons. The average molecular weight is 338 g/mol. The Morgan fingerprint density at radius 2 is 1.96 bits per heavy atom. The number of rotatable bonds is 3. The van der Waals surface area contributed by atoms with E-state index in [1.807, 2.05) is 23.8 Å². The third-order valence-corrected chi connectivity index (χ3v) is 4.20. The molecule has 0 bridgehead atoms. The maximum atomic E-state index is 12.3. The van der Waals surface area contributed by atoms with Gasteiger partial charge in [-0.3, -0.25) is 9.36 Å². The first kappa shape index (κ1) is 15.4. The first-order chi connectivity index (χ1) is 12.2. The van der Waals surface area contributed by atoms with Crippen LogP contribution in [0.2, 0.25) is 0 Å². The summed E-state index contributed by atoms with van der Waals surface area (Å²) in [5.74, 6) is 2.67. The highest BCUT2D eigenvalue weighted by molar-refractivity contribution is 5.91. The SMILES string of the molecule is Cc1nc(N2CCN(C(=O)c3ccco3)CC2)cc(-n2ccnc2)n1. The predicted octanol–water partition coefficient (Wildman–Crippen LogP) is 1.53. The summed E-state index contributed by atoms with van der Waals surface area (Å²) in [5.41, 5.74) is 0. The average Bonchev–Trinajstić information content (AvgIpc) is 3.34. The van der Waals surface area contributed by atoms with Crippen LogP contribution in [0.1, 0.15) is 16.4 Å². The van der Waals surface area contributed by atoms with Crippen molar-refractivity contribution < 1.29 is 9.21 Å². The van der Waals surface area contributed by atoms with Gasteiger partial charge in [0.2, 0.25) is 0 Å². The molecule has 0 saturated carbocycles. The second-order valence-corrected chi connectivity index (χ2v) is 5.86. The van der Waals surface area contributed by atoms with Crippen LogP contribution in [0.3, 0.4) is 0 Å². The van der Waals surface area contributed by atoms with E-state index in [1.54, 1.807) is 29.6 Å². The summed E-state index contributed by atoms with van der Waals surface area (Å²) in [6.07, 6.45) is 6.80. The van der Waals surface area contributed by atoms with E-state index in [4.69, 9.17) is 4.42 Å². The highest BCUT2D eigenvalue weighted by Crippen LogP contribution is 2.18. The van der Waals surface area contributed by atoms with Crippen LogP contribution < -0.4 is 4.90 Å². The van der Waals surface area contributed by atoms with Gasteiger partial charge in [0.25, 0.3) is 5.91 Å². The summed E-state index contributed by atoms with van der Waals surface area (Å²) >= 11 is 0. The summed E-state index contributed by atoms with van der Waals surface area (Å²) in [6.45, 7) is 4.56. The highest BCUT2D eigenvalue weighted by atomic mass is 16.3. The van der Waals surface area contributed by atoms with Crippen LogP contribution in [0.25, 0.3) is 5.82 Å². The molecule has 8 heteroatoms. The zero-order chi connectivity index (χ0) is 17.2. The van der Waals surface area contributed by atoms with Crippen LogP contribution in [-0.4, -0.2) is 56.5 Å². The lowest BCUT2D eigenvalue weighted by Gasteiger charge is -2.35. The molecule has 4 heterocycles. The molecule has 1 aliphatic heterocycles. The molecule has 0 aliphatic carbocycles. The standard InChI is InChI=1S/C17H18N6O2/c1-13-19-15(11-16(20-13)23-5-4-18-12-23)21-6-8-22(9-7-21)17(24)14-3-2-10-25-14/h2-5,10-12H,6-9H2,1H3. The summed E-state index contributed by atoms with van der Waals surface area (Å²) in [5, 5.41) is 0. The maximum Gasteiger partial charge on any atom is 0.289 e. The Labute approximate surface area is 144 Å². The molecular weight excluding hydrogens is 320 g/mol. The number of carbonyl (C=O) groups excluding carboxylic acids is 1. The molecule has 0 spiro atoms. The second-order valence-electron chi connectivity index (χ2n) is 5.86. The van der Waals surface area contributed by atoms with Crippen molar-refractivity contribution in [3.8, 4) is 5.82 Å². The zero-order valence-corrected chi connectivity index (χ0v) is 13.9. The van der Waals surface area contributed by atoms with E-state index < -0.39 is 0 Å². The van der Waals surface area contributed by atoms with Gasteiger partial charge in [-0.15, -0.1) is 0 Å². The summed E-state index contributed by atoms with van der Waals surface area (Å²) in [6, 6.07) is 5.36. The number of nitrogens with zero attached hydrogens (tertiary/aromatic N) is 6. The van der Waals surface area contributed by atoms with Crippen LogP contribution >= 0.6 is 0 Å². The van der Waals surface area contributed by atoms with Gasteiger partial charge in [-0.2, -0.15) is 0 Å². The molecule has 3 aromatic heterocycles. The normalized spacial score (nSPS) is 14.8. The van der Waals surface area contributed by atoms with Crippen molar-refractivity contribution in [2.24, 2.45) is 0 Å². The lowest BCUT2D eigenvalue weighted by molar-refractivity contribution is 0.0714. The number of amides is 1. The number of piperazine rings is 1. The minimum Gasteiger partial charge on any atom is -0.459 e. The fourth-order valence-electron chi connectivity index (χ4n) is 2.92. The summed E-state index contributed by atoms with van der Waals surface area (Å²) in [7, 11) is 0. The van der Waals surface area contributed by atoms with Gasteiger partial charge in [0, 0.05) is 44.6 Å². The monoisotopic (exact) mass is 338 g/mol. The Balaban J connectivity index is 1.48. The van der Waals surface area contributed by atoms with Crippen molar-refractivity contribution in [2.45, 2.75) is 6.92 Å². The van der Waals surface area contributed by atoms with Gasteiger partial charge >= 0.3 is 0 Å². The number of furan rings is 1. The van der Waals surface area contributed by atoms with Crippen molar-refractivity contribution in [3.63, 3.8) is 0 Å². The third kappa shape index (κ3) is 3.10. The van der Waals surface area contributed by atoms with Crippen molar-refractivity contribution >= 4 is 11.7 Å². The molecule has 25 heavy (non-hydrogen) atoms. The van der Waals surface area contributed by atoms with Crippen LogP contribution in [0, 0.1) is 6.92 Å². The summed E-state index contributed by atoms with van der Waals surface area (Å²) < 4.78 is 7.05. The molecule has 1 saturated heterocycles. The number of aromatic nitrogens is 4. The second kappa shape index (κ2) is 6.39. The molecule has 3 aromatic rings. The maximum absolute atomic E-state index is 12.3. The van der Waals surface area contributed by atoms with E-state index in [0.717, 1.165) is 11.6 Å². The fraction of sp³-hybridized carbons (Fsp3) is 0.294. The molecule has 128 valence electrons. The minimum absolute atomic E-state index is 0.0670. The summed E-state index contributed by atoms with van der Waals surface area (Å²) in [4.78, 5) is 29.4. The van der Waals surface area contributed by atoms with E-state index in [2.05, 4.69) is 19.9 Å². The molecule has 0 N–H and O–H groups in total. The largest absolute Gasteiger partial charge is 0.459 e. The molecule has 1 fully saturated rings. The number of carbonyl (C=O) groups is 1. The van der Waals surface area contributed by atoms with Gasteiger partial charge in [-0.05, 0) is 19.1 Å². The Morgan fingerprint density at radius 1 is 1.16 bits per heavy atom. The van der Waals surface area contributed by atoms with E-state index in [-0.39, 0.29) is 5.91 Å². The van der Waals surface area contributed by atoms with E-state index in [1.165, 1.54) is 6.26 Å². The van der Waals surface area contributed by atoms with E-state index in [0.29, 0.717) is 37.8 Å². The zero-order valence-electron chi connectivity index (χ0n) is 13.9. The lowest BCUT2D eigenvalue weighted by atomic mass is 10.2. The molecule has 0 aromatic carbocycles. The molecule has 8 nitrogen and oxygen atoms in total.